The summed E-state index contributed by atoms with van der Waals surface area (Å²) in [5.74, 6) is -1.36. The number of anilines is 1. The van der Waals surface area contributed by atoms with Crippen molar-refractivity contribution in [1.82, 2.24) is 4.90 Å². The molecule has 3 fully saturated rings. The highest BCUT2D eigenvalue weighted by Crippen LogP contribution is 2.65. The SMILES string of the molecule is N#Cc1cc(Cl)ccc1NC(=O)C1C[C@@]2(O)[C@H]3Cc4ccc(O)c5c4[C@@]2(CCN3CC2CC2)[C@@H](O5)C1=O. The number of aromatic hydroxyl groups is 1. The molecule has 3 aliphatic carbocycles. The molecule has 2 aromatic carbocycles. The molecular formula is C28H26ClN3O5. The zero-order chi connectivity index (χ0) is 25.7. The third kappa shape index (κ3) is 3.02. The van der Waals surface area contributed by atoms with Crippen molar-refractivity contribution in [2.75, 3.05) is 18.4 Å². The van der Waals surface area contributed by atoms with Crippen molar-refractivity contribution in [3.05, 3.63) is 52.0 Å². The lowest BCUT2D eigenvalue weighted by molar-refractivity contribution is -0.197. The van der Waals surface area contributed by atoms with Gasteiger partial charge >= 0.3 is 0 Å². The normalized spacial score (nSPS) is 33.3. The molecule has 1 saturated heterocycles. The van der Waals surface area contributed by atoms with E-state index in [0.29, 0.717) is 23.8 Å². The van der Waals surface area contributed by atoms with Crippen LogP contribution in [0.5, 0.6) is 11.5 Å². The minimum absolute atomic E-state index is 0.0482. The van der Waals surface area contributed by atoms with E-state index in [1.165, 1.54) is 25.0 Å². The van der Waals surface area contributed by atoms with Gasteiger partial charge < -0.3 is 20.3 Å². The van der Waals surface area contributed by atoms with Gasteiger partial charge in [-0.3, -0.25) is 14.5 Å². The van der Waals surface area contributed by atoms with Crippen LogP contribution in [0.25, 0.3) is 0 Å². The average Bonchev–Trinajstić information content (AvgIpc) is 3.62. The highest BCUT2D eigenvalue weighted by Gasteiger charge is 2.75. The Morgan fingerprint density at radius 3 is 2.86 bits per heavy atom. The first-order valence-electron chi connectivity index (χ1n) is 12.8. The van der Waals surface area contributed by atoms with Gasteiger partial charge in [0.25, 0.3) is 0 Å². The number of phenols is 1. The molecular weight excluding hydrogens is 494 g/mol. The van der Waals surface area contributed by atoms with Gasteiger partial charge in [-0.05, 0) is 74.4 Å². The number of nitrogens with zero attached hydrogens (tertiary/aromatic N) is 2. The van der Waals surface area contributed by atoms with Crippen molar-refractivity contribution >= 4 is 29.0 Å². The number of likely N-dealkylation sites (tertiary alicyclic amines) is 1. The molecule has 5 aliphatic rings. The Labute approximate surface area is 218 Å². The second-order valence-corrected chi connectivity index (χ2v) is 11.6. The summed E-state index contributed by atoms with van der Waals surface area (Å²) in [6, 6.07) is 9.75. The molecule has 2 aromatic rings. The molecule has 0 aromatic heterocycles. The predicted octanol–water partition coefficient (Wildman–Crippen LogP) is 2.92. The Balaban J connectivity index is 1.31. The van der Waals surface area contributed by atoms with Gasteiger partial charge in [-0.2, -0.15) is 5.26 Å². The summed E-state index contributed by atoms with van der Waals surface area (Å²) in [5, 5.41) is 35.9. The quantitative estimate of drug-likeness (QED) is 0.531. The van der Waals surface area contributed by atoms with Crippen LogP contribution in [0.1, 0.15) is 42.4 Å². The average molecular weight is 520 g/mol. The first kappa shape index (κ1) is 23.0. The fraction of sp³-hybridized carbons (Fsp3) is 0.464. The number of piperidine rings is 1. The number of Topliss-reactive ketones (excluding diaryl/α,β-unsaturated/α-hetero) is 1. The number of hydrogen-bond acceptors (Lipinski definition) is 7. The molecule has 5 atom stereocenters. The number of aliphatic hydroxyl groups is 1. The molecule has 2 saturated carbocycles. The van der Waals surface area contributed by atoms with Crippen molar-refractivity contribution < 1.29 is 24.5 Å². The Kier molecular flexibility index (Phi) is 4.79. The molecule has 1 spiro atoms. The van der Waals surface area contributed by atoms with Gasteiger partial charge in [-0.15, -0.1) is 0 Å². The topological polar surface area (TPSA) is 123 Å². The summed E-state index contributed by atoms with van der Waals surface area (Å²) in [7, 11) is 0. The highest BCUT2D eigenvalue weighted by atomic mass is 35.5. The molecule has 1 amide bonds. The van der Waals surface area contributed by atoms with Gasteiger partial charge in [0.2, 0.25) is 5.91 Å². The third-order valence-corrected chi connectivity index (χ3v) is 9.54. The zero-order valence-corrected chi connectivity index (χ0v) is 20.8. The molecule has 7 rings (SSSR count). The maximum atomic E-state index is 13.9. The van der Waals surface area contributed by atoms with Crippen LogP contribution in [0.4, 0.5) is 5.69 Å². The Morgan fingerprint density at radius 2 is 2.11 bits per heavy atom. The Hall–Kier alpha value is -3.12. The number of carbonyl (C=O) groups is 2. The number of carbonyl (C=O) groups excluding carboxylic acids is 2. The van der Waals surface area contributed by atoms with Gasteiger partial charge in [0.15, 0.2) is 23.4 Å². The fourth-order valence-electron chi connectivity index (χ4n) is 7.46. The number of amides is 1. The number of phenolic OH excluding ortho intramolecular Hbond substituents is 1. The van der Waals surface area contributed by atoms with Gasteiger partial charge in [0, 0.05) is 23.2 Å². The molecule has 190 valence electrons. The molecule has 8 nitrogen and oxygen atoms in total. The van der Waals surface area contributed by atoms with Gasteiger partial charge in [0.1, 0.15) is 12.0 Å². The van der Waals surface area contributed by atoms with E-state index in [-0.39, 0.29) is 35.2 Å². The molecule has 9 heteroatoms. The summed E-state index contributed by atoms with van der Waals surface area (Å²) in [5.41, 5.74) is -0.244. The second-order valence-electron chi connectivity index (χ2n) is 11.2. The smallest absolute Gasteiger partial charge is 0.235 e. The summed E-state index contributed by atoms with van der Waals surface area (Å²) >= 11 is 6.00. The minimum atomic E-state index is -1.40. The van der Waals surface area contributed by atoms with Gasteiger partial charge in [-0.25, -0.2) is 0 Å². The van der Waals surface area contributed by atoms with E-state index in [9.17, 15) is 25.1 Å². The van der Waals surface area contributed by atoms with E-state index in [2.05, 4.69) is 10.2 Å². The number of ether oxygens (including phenoxy) is 1. The summed E-state index contributed by atoms with van der Waals surface area (Å²) in [4.78, 5) is 29.8. The Bertz CT molecular complexity index is 1420. The van der Waals surface area contributed by atoms with Crippen molar-refractivity contribution in [1.29, 1.82) is 5.26 Å². The van der Waals surface area contributed by atoms with E-state index in [1.54, 1.807) is 12.1 Å². The van der Waals surface area contributed by atoms with Gasteiger partial charge in [-0.1, -0.05) is 17.7 Å². The van der Waals surface area contributed by atoms with Crippen LogP contribution in [-0.2, 0) is 21.4 Å². The number of ketones is 1. The molecule has 2 heterocycles. The van der Waals surface area contributed by atoms with Crippen LogP contribution < -0.4 is 10.1 Å². The minimum Gasteiger partial charge on any atom is -0.504 e. The van der Waals surface area contributed by atoms with E-state index < -0.39 is 34.7 Å². The van der Waals surface area contributed by atoms with E-state index in [0.717, 1.165) is 24.2 Å². The van der Waals surface area contributed by atoms with Crippen LogP contribution >= 0.6 is 11.6 Å². The molecule has 2 aliphatic heterocycles. The van der Waals surface area contributed by atoms with Crippen LogP contribution in [0.3, 0.4) is 0 Å². The first-order valence-corrected chi connectivity index (χ1v) is 13.2. The Morgan fingerprint density at radius 1 is 1.30 bits per heavy atom. The molecule has 1 unspecified atom stereocenters. The monoisotopic (exact) mass is 519 g/mol. The molecule has 2 bridgehead atoms. The van der Waals surface area contributed by atoms with E-state index in [4.69, 9.17) is 16.3 Å². The second kappa shape index (κ2) is 7.70. The number of benzene rings is 2. The van der Waals surface area contributed by atoms with Crippen molar-refractivity contribution in [2.45, 2.75) is 55.3 Å². The maximum Gasteiger partial charge on any atom is 0.235 e. The van der Waals surface area contributed by atoms with Crippen LogP contribution in [0.15, 0.2) is 30.3 Å². The largest absolute Gasteiger partial charge is 0.504 e. The lowest BCUT2D eigenvalue weighted by Crippen LogP contribution is -2.78. The molecule has 37 heavy (non-hydrogen) atoms. The van der Waals surface area contributed by atoms with E-state index >= 15 is 0 Å². The molecule has 0 radical (unpaired) electrons. The number of hydrogen-bond donors (Lipinski definition) is 3. The number of nitriles is 1. The number of halogens is 1. The summed E-state index contributed by atoms with van der Waals surface area (Å²) in [6.45, 7) is 1.61. The van der Waals surface area contributed by atoms with Crippen LogP contribution in [0, 0.1) is 23.2 Å². The maximum absolute atomic E-state index is 13.9. The lowest BCUT2D eigenvalue weighted by atomic mass is 9.47. The van der Waals surface area contributed by atoms with Crippen molar-refractivity contribution in [3.63, 3.8) is 0 Å². The lowest BCUT2D eigenvalue weighted by Gasteiger charge is -2.63. The van der Waals surface area contributed by atoms with Gasteiger partial charge in [0.05, 0.1) is 22.3 Å². The summed E-state index contributed by atoms with van der Waals surface area (Å²) < 4.78 is 6.18. The van der Waals surface area contributed by atoms with E-state index in [1.807, 2.05) is 12.1 Å². The summed E-state index contributed by atoms with van der Waals surface area (Å²) in [6.07, 6.45) is 2.31. The first-order chi connectivity index (χ1) is 17.8. The number of nitrogens with one attached hydrogen (secondary N) is 1. The highest BCUT2D eigenvalue weighted by molar-refractivity contribution is 6.30. The third-order valence-electron chi connectivity index (χ3n) is 9.31. The standard InChI is InChI=1S/C28H26ClN3O5/c29-17-4-5-19(16(9-17)12-30)31-26(35)18-11-28(36)21-10-15-3-6-20(33)24-22(15)27(28,25(37-24)23(18)34)7-8-32(21)13-14-1-2-14/h3-6,9,14,18,21,25,33,36H,1-2,7-8,10-11,13H2,(H,31,35)/t18?,21-,25+,27+,28-/m1/s1. The predicted molar refractivity (Wildman–Crippen MR) is 133 cm³/mol. The van der Waals surface area contributed by atoms with Crippen LogP contribution in [0.2, 0.25) is 5.02 Å². The zero-order valence-electron chi connectivity index (χ0n) is 20.0. The van der Waals surface area contributed by atoms with Crippen molar-refractivity contribution in [3.8, 4) is 17.6 Å². The van der Waals surface area contributed by atoms with Crippen LogP contribution in [-0.4, -0.2) is 57.6 Å². The fourth-order valence-corrected chi connectivity index (χ4v) is 7.63. The van der Waals surface area contributed by atoms with Crippen molar-refractivity contribution in [2.24, 2.45) is 11.8 Å². The molecule has 3 N–H and O–H groups in total. The number of rotatable bonds is 4.